The monoisotopic (exact) mass is 244 g/mol. The van der Waals surface area contributed by atoms with Gasteiger partial charge < -0.3 is 15.4 Å². The summed E-state index contributed by atoms with van der Waals surface area (Å²) in [5, 5.41) is 0. The van der Waals surface area contributed by atoms with Gasteiger partial charge in [0, 0.05) is 32.5 Å². The van der Waals surface area contributed by atoms with Crippen molar-refractivity contribution in [2.75, 3.05) is 26.8 Å². The minimum absolute atomic E-state index is 0.211. The number of hydrogen-bond donors (Lipinski definition) is 1. The lowest BCUT2D eigenvalue weighted by atomic mass is 10.2. The second-order valence-electron chi connectivity index (χ2n) is 4.35. The van der Waals surface area contributed by atoms with E-state index in [1.165, 1.54) is 0 Å². The topological polar surface area (TPSA) is 55.6 Å². The van der Waals surface area contributed by atoms with Crippen LogP contribution >= 0.6 is 12.2 Å². The van der Waals surface area contributed by atoms with Crippen molar-refractivity contribution in [1.29, 1.82) is 0 Å². The molecule has 92 valence electrons. The van der Waals surface area contributed by atoms with E-state index in [4.69, 9.17) is 22.7 Å². The number of methoxy groups -OCH3 is 1. The summed E-state index contributed by atoms with van der Waals surface area (Å²) in [4.78, 5) is 14.3. The molecule has 0 saturated heterocycles. The number of thiocarbonyl (C=S) groups is 1. The van der Waals surface area contributed by atoms with Crippen molar-refractivity contribution in [3.63, 3.8) is 0 Å². The second kappa shape index (κ2) is 6.15. The highest BCUT2D eigenvalue weighted by Gasteiger charge is 2.41. The Morgan fingerprint density at radius 3 is 2.62 bits per heavy atom. The van der Waals surface area contributed by atoms with Crippen molar-refractivity contribution in [1.82, 2.24) is 4.90 Å². The van der Waals surface area contributed by atoms with Crippen LogP contribution in [-0.4, -0.2) is 42.6 Å². The van der Waals surface area contributed by atoms with Gasteiger partial charge in [-0.1, -0.05) is 19.1 Å². The van der Waals surface area contributed by atoms with Gasteiger partial charge in [-0.15, -0.1) is 0 Å². The lowest BCUT2D eigenvalue weighted by Crippen LogP contribution is -2.37. The predicted molar refractivity (Wildman–Crippen MR) is 67.1 cm³/mol. The van der Waals surface area contributed by atoms with Gasteiger partial charge in [-0.2, -0.15) is 0 Å². The molecular formula is C11H20N2O2S. The minimum Gasteiger partial charge on any atom is -0.393 e. The Kier molecular flexibility index (Phi) is 5.15. The SMILES string of the molecule is COCCN(CCC(N)=S)C(=O)C1CC1C. The van der Waals surface area contributed by atoms with Gasteiger partial charge in [0.25, 0.3) is 0 Å². The summed E-state index contributed by atoms with van der Waals surface area (Å²) in [7, 11) is 1.63. The molecule has 1 aliphatic rings. The van der Waals surface area contributed by atoms with Crippen molar-refractivity contribution < 1.29 is 9.53 Å². The number of ether oxygens (including phenoxy) is 1. The van der Waals surface area contributed by atoms with E-state index in [9.17, 15) is 4.79 Å². The number of nitrogens with two attached hydrogens (primary N) is 1. The van der Waals surface area contributed by atoms with Crippen LogP contribution in [0.1, 0.15) is 19.8 Å². The number of amides is 1. The van der Waals surface area contributed by atoms with Crippen molar-refractivity contribution in [2.24, 2.45) is 17.6 Å². The normalized spacial score (nSPS) is 22.9. The maximum absolute atomic E-state index is 12.0. The maximum Gasteiger partial charge on any atom is 0.226 e. The molecule has 4 nitrogen and oxygen atoms in total. The number of nitrogens with zero attached hydrogens (tertiary/aromatic N) is 1. The average molecular weight is 244 g/mol. The Hall–Kier alpha value is -0.680. The molecule has 0 spiro atoms. The second-order valence-corrected chi connectivity index (χ2v) is 4.88. The molecule has 1 aliphatic carbocycles. The van der Waals surface area contributed by atoms with Crippen LogP contribution in [0.3, 0.4) is 0 Å². The van der Waals surface area contributed by atoms with Crippen LogP contribution in [0.5, 0.6) is 0 Å². The quantitative estimate of drug-likeness (QED) is 0.673. The van der Waals surface area contributed by atoms with Gasteiger partial charge >= 0.3 is 0 Å². The van der Waals surface area contributed by atoms with Crippen molar-refractivity contribution in [2.45, 2.75) is 19.8 Å². The molecule has 0 aromatic rings. The maximum atomic E-state index is 12.0. The molecule has 2 atom stereocenters. The molecule has 16 heavy (non-hydrogen) atoms. The summed E-state index contributed by atoms with van der Waals surface area (Å²) < 4.78 is 5.00. The highest BCUT2D eigenvalue weighted by atomic mass is 32.1. The Labute approximate surface area is 102 Å². The van der Waals surface area contributed by atoms with E-state index >= 15 is 0 Å². The van der Waals surface area contributed by atoms with Crippen LogP contribution in [0.25, 0.3) is 0 Å². The molecule has 0 aliphatic heterocycles. The van der Waals surface area contributed by atoms with Crippen LogP contribution in [0.4, 0.5) is 0 Å². The molecule has 0 radical (unpaired) electrons. The van der Waals surface area contributed by atoms with Crippen molar-refractivity contribution in [3.8, 4) is 0 Å². The third kappa shape index (κ3) is 4.06. The van der Waals surface area contributed by atoms with E-state index in [0.29, 0.717) is 37.0 Å². The predicted octanol–water partition coefficient (Wildman–Crippen LogP) is 0.794. The minimum atomic E-state index is 0.211. The standard InChI is InChI=1S/C11H20N2O2S/c1-8-7-9(8)11(14)13(5-6-15-2)4-3-10(12)16/h8-9H,3-7H2,1-2H3,(H2,12,16). The lowest BCUT2D eigenvalue weighted by Gasteiger charge is -2.22. The Balaban J connectivity index is 2.42. The van der Waals surface area contributed by atoms with Crippen LogP contribution in [0, 0.1) is 11.8 Å². The van der Waals surface area contributed by atoms with E-state index in [2.05, 4.69) is 6.92 Å². The first-order chi connectivity index (χ1) is 7.56. The fraction of sp³-hybridized carbons (Fsp3) is 0.818. The molecular weight excluding hydrogens is 224 g/mol. The molecule has 0 aromatic carbocycles. The van der Waals surface area contributed by atoms with Gasteiger partial charge in [-0.3, -0.25) is 4.79 Å². The highest BCUT2D eigenvalue weighted by Crippen LogP contribution is 2.39. The van der Waals surface area contributed by atoms with Gasteiger partial charge in [-0.05, 0) is 12.3 Å². The van der Waals surface area contributed by atoms with Crippen LogP contribution < -0.4 is 5.73 Å². The Bertz CT molecular complexity index is 271. The van der Waals surface area contributed by atoms with Gasteiger partial charge in [0.2, 0.25) is 5.91 Å². The van der Waals surface area contributed by atoms with Crippen LogP contribution in [0.2, 0.25) is 0 Å². The molecule has 2 N–H and O–H groups in total. The summed E-state index contributed by atoms with van der Waals surface area (Å²) in [6, 6.07) is 0. The molecule has 1 fully saturated rings. The molecule has 5 heteroatoms. The van der Waals surface area contributed by atoms with E-state index < -0.39 is 0 Å². The fourth-order valence-electron chi connectivity index (χ4n) is 1.68. The molecule has 1 amide bonds. The van der Waals surface area contributed by atoms with E-state index in [1.54, 1.807) is 7.11 Å². The number of hydrogen-bond acceptors (Lipinski definition) is 3. The first-order valence-corrected chi connectivity index (χ1v) is 6.03. The van der Waals surface area contributed by atoms with Gasteiger partial charge in [0.1, 0.15) is 0 Å². The van der Waals surface area contributed by atoms with E-state index in [0.717, 1.165) is 6.42 Å². The van der Waals surface area contributed by atoms with Crippen LogP contribution in [-0.2, 0) is 9.53 Å². The Morgan fingerprint density at radius 1 is 1.56 bits per heavy atom. The lowest BCUT2D eigenvalue weighted by molar-refractivity contribution is -0.133. The van der Waals surface area contributed by atoms with Gasteiger partial charge in [0.05, 0.1) is 11.6 Å². The molecule has 2 unspecified atom stereocenters. The van der Waals surface area contributed by atoms with Crippen LogP contribution in [0.15, 0.2) is 0 Å². The fourth-order valence-corrected chi connectivity index (χ4v) is 1.77. The number of rotatable bonds is 7. The summed E-state index contributed by atoms with van der Waals surface area (Å²) in [6.45, 7) is 3.90. The zero-order valence-electron chi connectivity index (χ0n) is 9.94. The number of carbonyl (C=O) groups excluding carboxylic acids is 1. The zero-order chi connectivity index (χ0) is 12.1. The third-order valence-corrected chi connectivity index (χ3v) is 3.14. The average Bonchev–Trinajstić information content (AvgIpc) is 2.94. The molecule has 1 rings (SSSR count). The van der Waals surface area contributed by atoms with E-state index in [1.807, 2.05) is 4.90 Å². The molecule has 1 saturated carbocycles. The van der Waals surface area contributed by atoms with Gasteiger partial charge in [-0.25, -0.2) is 0 Å². The largest absolute Gasteiger partial charge is 0.393 e. The van der Waals surface area contributed by atoms with Crippen molar-refractivity contribution >= 4 is 23.1 Å². The first kappa shape index (κ1) is 13.4. The summed E-state index contributed by atoms with van der Waals surface area (Å²) in [6.07, 6.45) is 1.60. The van der Waals surface area contributed by atoms with Crippen molar-refractivity contribution in [3.05, 3.63) is 0 Å². The number of carbonyl (C=O) groups is 1. The summed E-state index contributed by atoms with van der Waals surface area (Å²) in [5.41, 5.74) is 5.45. The molecule has 0 bridgehead atoms. The summed E-state index contributed by atoms with van der Waals surface area (Å²) in [5.74, 6) is 0.964. The first-order valence-electron chi connectivity index (χ1n) is 5.62. The van der Waals surface area contributed by atoms with E-state index in [-0.39, 0.29) is 11.8 Å². The summed E-state index contributed by atoms with van der Waals surface area (Å²) >= 11 is 4.83. The smallest absolute Gasteiger partial charge is 0.226 e. The zero-order valence-corrected chi connectivity index (χ0v) is 10.8. The van der Waals surface area contributed by atoms with Gasteiger partial charge in [0.15, 0.2) is 0 Å². The molecule has 0 heterocycles. The Morgan fingerprint density at radius 2 is 2.19 bits per heavy atom. The highest BCUT2D eigenvalue weighted by molar-refractivity contribution is 7.80. The third-order valence-electron chi connectivity index (χ3n) is 2.93. The molecule has 0 aromatic heterocycles.